The predicted octanol–water partition coefficient (Wildman–Crippen LogP) is 7.14. The number of aliphatic hydroxyl groups is 1. The van der Waals surface area contributed by atoms with Gasteiger partial charge in [-0.1, -0.05) is 152 Å². The lowest BCUT2D eigenvalue weighted by Crippen LogP contribution is -2.57. The Labute approximate surface area is 305 Å². The number of hydrogen-bond donors (Lipinski definition) is 2. The van der Waals surface area contributed by atoms with Gasteiger partial charge in [0.25, 0.3) is 0 Å². The molecule has 0 saturated heterocycles. The molecule has 268 valence electrons. The van der Waals surface area contributed by atoms with Crippen LogP contribution < -0.4 is 5.32 Å². The van der Waals surface area contributed by atoms with E-state index in [1.807, 2.05) is 152 Å². The van der Waals surface area contributed by atoms with E-state index in [0.29, 0.717) is 0 Å². The number of carbonyl (C=O) groups is 1. The summed E-state index contributed by atoms with van der Waals surface area (Å²) in [5.74, 6) is 0. The van der Waals surface area contributed by atoms with Gasteiger partial charge in [-0.3, -0.25) is 0 Å². The van der Waals surface area contributed by atoms with E-state index < -0.39 is 36.6 Å². The topological polar surface area (TPSA) is 119 Å². The molecule has 52 heavy (non-hydrogen) atoms. The molecule has 5 rings (SSSR count). The number of ether oxygens (including phenoxy) is 5. The monoisotopic (exact) mass is 700 g/mol. The average molecular weight is 701 g/mol. The number of carbonyl (C=O) groups excluding carboxylic acids is 1. The molecule has 2 N–H and O–H groups in total. The van der Waals surface area contributed by atoms with E-state index in [1.54, 1.807) is 0 Å². The van der Waals surface area contributed by atoms with Crippen LogP contribution in [0, 0.1) is 11.3 Å². The lowest BCUT2D eigenvalue weighted by molar-refractivity contribution is -0.182. The van der Waals surface area contributed by atoms with Crippen LogP contribution in [0.1, 0.15) is 27.8 Å². The number of nitriles is 1. The Kier molecular flexibility index (Phi) is 15.4. The van der Waals surface area contributed by atoms with E-state index in [0.717, 1.165) is 27.8 Å². The predicted molar refractivity (Wildman–Crippen MR) is 196 cm³/mol. The number of rotatable bonds is 20. The van der Waals surface area contributed by atoms with Gasteiger partial charge in [-0.05, 0) is 27.8 Å². The number of nitrogens with zero attached hydrogens (tertiary/aromatic N) is 1. The standard InChI is InChI=1S/C43H44N2O7/c44-26-38(45-43(47)52-31-37-24-14-5-15-25-37)41(50-29-35-20-10-3-11-21-35)42(51-30-36-22-12-4-13-23-36)40(46)39(49-28-34-18-8-2-9-19-34)32-48-27-33-16-6-1-7-17-33/h1-25,38-42,46H,27-32H2,(H,45,47)/t38-,39-,40-,41+,42+/m1/s1. The summed E-state index contributed by atoms with van der Waals surface area (Å²) in [5.41, 5.74) is 4.32. The summed E-state index contributed by atoms with van der Waals surface area (Å²) >= 11 is 0. The first-order valence-corrected chi connectivity index (χ1v) is 17.2. The van der Waals surface area contributed by atoms with Gasteiger partial charge in [-0.2, -0.15) is 5.26 Å². The van der Waals surface area contributed by atoms with E-state index in [4.69, 9.17) is 23.7 Å². The van der Waals surface area contributed by atoms with Crippen molar-refractivity contribution in [2.24, 2.45) is 0 Å². The Balaban J connectivity index is 1.42. The third-order valence-corrected chi connectivity index (χ3v) is 8.27. The molecule has 1 amide bonds. The van der Waals surface area contributed by atoms with Crippen molar-refractivity contribution < 1.29 is 33.6 Å². The van der Waals surface area contributed by atoms with Crippen LogP contribution >= 0.6 is 0 Å². The third-order valence-electron chi connectivity index (χ3n) is 8.27. The molecule has 5 atom stereocenters. The number of alkyl carbamates (subject to hydrolysis) is 1. The molecular formula is C43H44N2O7. The van der Waals surface area contributed by atoms with Crippen molar-refractivity contribution in [2.45, 2.75) is 63.5 Å². The zero-order valence-electron chi connectivity index (χ0n) is 28.9. The molecule has 0 radical (unpaired) electrons. The highest BCUT2D eigenvalue weighted by atomic mass is 16.6. The van der Waals surface area contributed by atoms with Crippen LogP contribution in [0.4, 0.5) is 4.79 Å². The quantitative estimate of drug-likeness (QED) is 0.0880. The Bertz CT molecular complexity index is 1760. The highest BCUT2D eigenvalue weighted by Crippen LogP contribution is 2.23. The molecule has 0 aliphatic carbocycles. The van der Waals surface area contributed by atoms with Gasteiger partial charge >= 0.3 is 6.09 Å². The Morgan fingerprint density at radius 2 is 0.942 bits per heavy atom. The fraction of sp³-hybridized carbons (Fsp3) is 0.256. The summed E-state index contributed by atoms with van der Waals surface area (Å²) in [6, 6.07) is 48.3. The molecule has 0 saturated carbocycles. The molecule has 0 aliphatic heterocycles. The first-order chi connectivity index (χ1) is 25.6. The number of benzene rings is 5. The van der Waals surface area contributed by atoms with Crippen LogP contribution in [-0.2, 0) is 56.7 Å². The van der Waals surface area contributed by atoms with Gasteiger partial charge < -0.3 is 34.1 Å². The fourth-order valence-corrected chi connectivity index (χ4v) is 5.48. The fourth-order valence-electron chi connectivity index (χ4n) is 5.48. The molecule has 0 aromatic heterocycles. The summed E-state index contributed by atoms with van der Waals surface area (Å²) in [4.78, 5) is 13.1. The average Bonchev–Trinajstić information content (AvgIpc) is 3.20. The molecule has 9 heteroatoms. The lowest BCUT2D eigenvalue weighted by atomic mass is 9.97. The van der Waals surface area contributed by atoms with Crippen LogP contribution in [0.25, 0.3) is 0 Å². The van der Waals surface area contributed by atoms with Gasteiger partial charge in [0.15, 0.2) is 0 Å². The Morgan fingerprint density at radius 3 is 1.38 bits per heavy atom. The van der Waals surface area contributed by atoms with E-state index >= 15 is 0 Å². The molecule has 5 aromatic rings. The molecule has 0 aliphatic rings. The smallest absolute Gasteiger partial charge is 0.408 e. The first kappa shape index (κ1) is 37.9. The van der Waals surface area contributed by atoms with Crippen LogP contribution in [0.5, 0.6) is 0 Å². The van der Waals surface area contributed by atoms with Crippen LogP contribution in [0.2, 0.25) is 0 Å². The van der Waals surface area contributed by atoms with Crippen LogP contribution in [-0.4, -0.2) is 48.3 Å². The normalized spacial score (nSPS) is 13.9. The van der Waals surface area contributed by atoms with E-state index in [9.17, 15) is 15.2 Å². The van der Waals surface area contributed by atoms with Gasteiger partial charge in [-0.25, -0.2) is 4.79 Å². The number of amides is 1. The maximum Gasteiger partial charge on any atom is 0.408 e. The zero-order chi connectivity index (χ0) is 36.2. The van der Waals surface area contributed by atoms with Crippen molar-refractivity contribution in [3.05, 3.63) is 179 Å². The maximum absolute atomic E-state index is 13.1. The largest absolute Gasteiger partial charge is 0.445 e. The summed E-state index contributed by atoms with van der Waals surface area (Å²) in [7, 11) is 0. The first-order valence-electron chi connectivity index (χ1n) is 17.2. The highest BCUT2D eigenvalue weighted by Gasteiger charge is 2.41. The van der Waals surface area contributed by atoms with Gasteiger partial charge in [0.05, 0.1) is 39.1 Å². The molecule has 0 spiro atoms. The molecule has 0 bridgehead atoms. The summed E-state index contributed by atoms with van der Waals surface area (Å²) in [6.07, 6.45) is -5.46. The van der Waals surface area contributed by atoms with Gasteiger partial charge in [0.1, 0.15) is 37.1 Å². The molecule has 0 heterocycles. The molecular weight excluding hydrogens is 656 g/mol. The van der Waals surface area contributed by atoms with Crippen LogP contribution in [0.15, 0.2) is 152 Å². The van der Waals surface area contributed by atoms with Crippen molar-refractivity contribution in [3.63, 3.8) is 0 Å². The second-order valence-corrected chi connectivity index (χ2v) is 12.2. The number of hydrogen-bond acceptors (Lipinski definition) is 8. The minimum atomic E-state index is -1.37. The van der Waals surface area contributed by atoms with Gasteiger partial charge in [0, 0.05) is 0 Å². The third kappa shape index (κ3) is 12.5. The summed E-state index contributed by atoms with van der Waals surface area (Å²) < 4.78 is 30.8. The number of nitrogens with one attached hydrogen (secondary N) is 1. The molecule has 5 aromatic carbocycles. The summed E-state index contributed by atoms with van der Waals surface area (Å²) in [6.45, 7) is 0.638. The number of aliphatic hydroxyl groups excluding tert-OH is 1. The lowest BCUT2D eigenvalue weighted by Gasteiger charge is -2.36. The zero-order valence-corrected chi connectivity index (χ0v) is 28.9. The Morgan fingerprint density at radius 1 is 0.558 bits per heavy atom. The minimum Gasteiger partial charge on any atom is -0.445 e. The van der Waals surface area contributed by atoms with Crippen molar-refractivity contribution in [3.8, 4) is 6.07 Å². The van der Waals surface area contributed by atoms with Crippen molar-refractivity contribution >= 4 is 6.09 Å². The highest BCUT2D eigenvalue weighted by molar-refractivity contribution is 5.68. The van der Waals surface area contributed by atoms with E-state index in [-0.39, 0.29) is 39.6 Å². The van der Waals surface area contributed by atoms with Crippen molar-refractivity contribution in [1.82, 2.24) is 5.32 Å². The second kappa shape index (κ2) is 21.1. The summed E-state index contributed by atoms with van der Waals surface area (Å²) in [5, 5.41) is 25.4. The molecule has 0 unspecified atom stereocenters. The molecule has 9 nitrogen and oxygen atoms in total. The van der Waals surface area contributed by atoms with E-state index in [2.05, 4.69) is 11.4 Å². The van der Waals surface area contributed by atoms with Gasteiger partial charge in [0.2, 0.25) is 0 Å². The SMILES string of the molecule is N#C[C@@H](NC(=O)OCc1ccccc1)[C@H](OCc1ccccc1)[C@@H](OCc1ccccc1)[C@H](O)[C@@H](COCc1ccccc1)OCc1ccccc1. The molecule has 0 fully saturated rings. The second-order valence-electron chi connectivity index (χ2n) is 12.2. The maximum atomic E-state index is 13.1. The van der Waals surface area contributed by atoms with Gasteiger partial charge in [-0.15, -0.1) is 0 Å². The minimum absolute atomic E-state index is 0.00324. The van der Waals surface area contributed by atoms with Crippen molar-refractivity contribution in [2.75, 3.05) is 6.61 Å². The Hall–Kier alpha value is -5.34. The van der Waals surface area contributed by atoms with Crippen LogP contribution in [0.3, 0.4) is 0 Å². The van der Waals surface area contributed by atoms with E-state index in [1.165, 1.54) is 0 Å². The van der Waals surface area contributed by atoms with Crippen molar-refractivity contribution in [1.29, 1.82) is 5.26 Å².